The molecule has 110 heavy (non-hydrogen) atoms. The molecule has 1 aliphatic carbocycles. The van der Waals surface area contributed by atoms with Crippen LogP contribution in [-0.4, -0.2) is 92.2 Å². The summed E-state index contributed by atoms with van der Waals surface area (Å²) in [5, 5.41) is 38.9. The summed E-state index contributed by atoms with van der Waals surface area (Å²) in [5.41, 5.74) is 5.67. The molecule has 11 rings (SSSR count). The number of phenolic OH excluding ortho intramolecular Hbond substituents is 1. The Morgan fingerprint density at radius 3 is 1.17 bits per heavy atom. The predicted molar refractivity (Wildman–Crippen MR) is 414 cm³/mol. The van der Waals surface area contributed by atoms with Crippen molar-refractivity contribution in [2.75, 3.05) is 45.6 Å². The third-order valence-electron chi connectivity index (χ3n) is 16.0. The maximum absolute atomic E-state index is 12.3. The van der Waals surface area contributed by atoms with E-state index in [0.717, 1.165) is 10.6 Å². The minimum atomic E-state index is -0.711. The van der Waals surface area contributed by atoms with E-state index in [1.807, 2.05) is 61.7 Å². The molecule has 0 aromatic heterocycles. The van der Waals surface area contributed by atoms with Gasteiger partial charge in [-0.05, 0) is 261 Å². The molecule has 1 saturated carbocycles. The number of aromatic hydroxyl groups is 1. The molecular weight excluding hydrogens is 1420 g/mol. The van der Waals surface area contributed by atoms with E-state index in [0.29, 0.717) is 124 Å². The smallest absolute Gasteiger partial charge is 0.347 e. The normalized spacial score (nSPS) is 11.0. The summed E-state index contributed by atoms with van der Waals surface area (Å²) in [6.45, 7) is 6.87. The van der Waals surface area contributed by atoms with E-state index in [9.17, 15) is 38.7 Å². The van der Waals surface area contributed by atoms with E-state index in [1.54, 1.807) is 197 Å². The summed E-state index contributed by atoms with van der Waals surface area (Å²) in [7, 11) is 3.38. The zero-order valence-electron chi connectivity index (χ0n) is 61.5. The van der Waals surface area contributed by atoms with Gasteiger partial charge in [0.2, 0.25) is 0 Å². The van der Waals surface area contributed by atoms with Gasteiger partial charge in [-0.25, -0.2) is 24.0 Å². The standard InChI is InChI=1S/C22H24O4.C18H20O5.C17H17NO4.C15H11NO4.C15H11NO2S/c1-2-21(23)25-19-12-14-20(15-13-19)26-22(24)18-10-8-17(9-11-18)16-6-4-3-5-7-16;1-3-21-12-13-22-16-8-10-17(11-9-16)23-18(19)14-4-6-15(20-2)7-5-14;1-3-16(19)21-14-8-10-15(11-9-14)22-17(20)12-4-6-13(18-2)7-5-12;16-8-10-1-4-12(5-2-10)20-15(19)13-6-3-11(9-17)7-14(13)18;1-19-14-8-4-12(5-9-14)15(17)18-13-6-2-11(10-16)3-7-13/h8-16H,2-7H2,1H3;4-11H,3,12-13H2,1-2H3;4-11,18H,3H2,1-2H3;1-7,17-18H,9H2;2-9H,1H3. The molecule has 0 amide bonds. The first-order valence-electron chi connectivity index (χ1n) is 35.0. The van der Waals surface area contributed by atoms with E-state index in [2.05, 4.69) is 5.32 Å². The number of carbonyl (C=O) groups is 7. The number of rotatable bonds is 24. The Hall–Kier alpha value is -13.1. The number of nitrogens with one attached hydrogen (secondary N) is 1. The number of phenols is 1. The molecule has 22 nitrogen and oxygen atoms in total. The van der Waals surface area contributed by atoms with Gasteiger partial charge in [-0.3, -0.25) is 9.59 Å². The summed E-state index contributed by atoms with van der Waals surface area (Å²) in [5.74, 6) is 1.61. The molecule has 10 aromatic rings. The Kier molecular flexibility index (Phi) is 34.8. The van der Waals surface area contributed by atoms with E-state index >= 15 is 0 Å². The van der Waals surface area contributed by atoms with Crippen molar-refractivity contribution >= 4 is 59.2 Å². The van der Waals surface area contributed by atoms with E-state index in [1.165, 1.54) is 80.1 Å². The molecule has 0 aliphatic heterocycles. The monoisotopic (exact) mass is 1510 g/mol. The fraction of sp³-hybridized carbons (Fsp3) is 0.207. The highest BCUT2D eigenvalue weighted by molar-refractivity contribution is 7.98. The van der Waals surface area contributed by atoms with Crippen molar-refractivity contribution in [2.24, 2.45) is 0 Å². The van der Waals surface area contributed by atoms with Crippen molar-refractivity contribution in [1.29, 1.82) is 10.5 Å². The average molecular weight is 1510 g/mol. The van der Waals surface area contributed by atoms with Gasteiger partial charge in [0, 0.05) is 37.1 Å². The molecule has 0 spiro atoms. The van der Waals surface area contributed by atoms with Gasteiger partial charge in [-0.2, -0.15) is 10.5 Å². The van der Waals surface area contributed by atoms with E-state index in [-0.39, 0.29) is 35.6 Å². The van der Waals surface area contributed by atoms with Gasteiger partial charge in [-0.1, -0.05) is 51.3 Å². The Morgan fingerprint density at radius 2 is 0.809 bits per heavy atom. The van der Waals surface area contributed by atoms with Crippen LogP contribution >= 0.6 is 11.8 Å². The van der Waals surface area contributed by atoms with Crippen LogP contribution < -0.4 is 47.9 Å². The summed E-state index contributed by atoms with van der Waals surface area (Å²) in [6, 6.07) is 69.0. The molecule has 0 atom stereocenters. The second-order valence-corrected chi connectivity index (χ2v) is 24.5. The molecule has 0 bridgehead atoms. The second-order valence-electron chi connectivity index (χ2n) is 23.6. The Morgan fingerprint density at radius 1 is 0.445 bits per heavy atom. The largest absolute Gasteiger partial charge is 0.507 e. The molecule has 10 aromatic carbocycles. The number of nitrogens with zero attached hydrogens (tertiary/aromatic N) is 2. The fourth-order valence-electron chi connectivity index (χ4n) is 9.95. The number of anilines is 1. The van der Waals surface area contributed by atoms with Gasteiger partial charge < -0.3 is 62.9 Å². The van der Waals surface area contributed by atoms with E-state index in [4.69, 9.17) is 63.0 Å². The number of benzene rings is 10. The number of nitriles is 2. The first-order chi connectivity index (χ1) is 53.4. The van der Waals surface area contributed by atoms with Crippen LogP contribution in [0.1, 0.15) is 146 Å². The number of carbonyl (C=O) groups excluding carboxylic acids is 7. The molecule has 23 heteroatoms. The Balaban J connectivity index is 0.000000192. The quantitative estimate of drug-likeness (QED) is 0.0219. The number of esters is 7. The fourth-order valence-corrected chi connectivity index (χ4v) is 10.4. The molecule has 0 heterocycles. The second kappa shape index (κ2) is 45.4. The highest BCUT2D eigenvalue weighted by Gasteiger charge is 2.19. The van der Waals surface area contributed by atoms with Gasteiger partial charge in [0.1, 0.15) is 69.7 Å². The zero-order chi connectivity index (χ0) is 79.0. The van der Waals surface area contributed by atoms with Crippen molar-refractivity contribution in [1.82, 2.24) is 0 Å². The zero-order valence-corrected chi connectivity index (χ0v) is 62.3. The van der Waals surface area contributed by atoms with Gasteiger partial charge in [0.05, 0.1) is 65.8 Å². The number of hydrogen-bond acceptors (Lipinski definition) is 23. The number of aliphatic hydroxyl groups excluding tert-OH is 1. The van der Waals surface area contributed by atoms with Gasteiger partial charge in [-0.15, -0.1) is 11.8 Å². The Labute approximate surface area is 642 Å². The highest BCUT2D eigenvalue weighted by Crippen LogP contribution is 2.33. The lowest BCUT2D eigenvalue weighted by Gasteiger charge is -2.21. The summed E-state index contributed by atoms with van der Waals surface area (Å²) in [4.78, 5) is 83.6. The van der Waals surface area contributed by atoms with Crippen LogP contribution in [0.5, 0.6) is 57.5 Å². The van der Waals surface area contributed by atoms with Gasteiger partial charge in [0.25, 0.3) is 0 Å². The van der Waals surface area contributed by atoms with Crippen molar-refractivity contribution in [3.63, 3.8) is 0 Å². The molecule has 0 unspecified atom stereocenters. The lowest BCUT2D eigenvalue weighted by atomic mass is 9.84. The maximum Gasteiger partial charge on any atom is 0.347 e. The summed E-state index contributed by atoms with van der Waals surface area (Å²) < 4.78 is 52.2. The molecule has 566 valence electrons. The molecule has 1 fully saturated rings. The topological polar surface area (TPSA) is 312 Å². The third-order valence-corrected chi connectivity index (χ3v) is 16.7. The molecule has 1 aliphatic rings. The number of hydrogen-bond donors (Lipinski definition) is 3. The highest BCUT2D eigenvalue weighted by atomic mass is 32.2. The molecular formula is C87H83N3O19S. The predicted octanol–water partition coefficient (Wildman–Crippen LogP) is 17.3. The maximum atomic E-state index is 12.3. The Bertz CT molecular complexity index is 4680. The summed E-state index contributed by atoms with van der Waals surface area (Å²) >= 11 is 1.61. The number of ether oxygens (including phenoxy) is 10. The van der Waals surface area contributed by atoms with Crippen LogP contribution in [0, 0.1) is 22.7 Å². The van der Waals surface area contributed by atoms with Crippen molar-refractivity contribution in [3.8, 4) is 69.6 Å². The van der Waals surface area contributed by atoms with Crippen LogP contribution in [0.2, 0.25) is 0 Å². The van der Waals surface area contributed by atoms with Gasteiger partial charge in [0.15, 0.2) is 0 Å². The van der Waals surface area contributed by atoms with Crippen LogP contribution in [-0.2, 0) is 20.9 Å². The molecule has 3 N–H and O–H groups in total. The summed E-state index contributed by atoms with van der Waals surface area (Å²) in [6.07, 6.45) is 8.97. The van der Waals surface area contributed by atoms with Crippen LogP contribution in [0.3, 0.4) is 0 Å². The number of thioether (sulfide) groups is 1. The molecule has 0 saturated heterocycles. The number of methoxy groups -OCH3 is 1. The van der Waals surface area contributed by atoms with Gasteiger partial charge >= 0.3 is 41.8 Å². The third kappa shape index (κ3) is 28.3. The first-order valence-corrected chi connectivity index (χ1v) is 36.2. The van der Waals surface area contributed by atoms with E-state index < -0.39 is 29.8 Å². The first kappa shape index (κ1) is 84.2. The number of aliphatic hydroxyl groups is 1. The van der Waals surface area contributed by atoms with Crippen LogP contribution in [0.15, 0.2) is 241 Å². The average Bonchev–Trinajstić information content (AvgIpc) is 0.828. The minimum absolute atomic E-state index is 0.00607. The minimum Gasteiger partial charge on any atom is -0.507 e. The molecule has 0 radical (unpaired) electrons. The van der Waals surface area contributed by atoms with Crippen LogP contribution in [0.25, 0.3) is 0 Å². The van der Waals surface area contributed by atoms with Crippen LogP contribution in [0.4, 0.5) is 5.69 Å². The SMILES string of the molecule is CCC(=O)Oc1ccc(OC(=O)c2ccc(C3CCCCC3)cc2)cc1.CCC(=O)Oc1ccc(OC(=O)c2ccc(NC)cc2)cc1.CCOCCOc1ccc(OC(=O)c2ccc(OC)cc2)cc1.CSc1ccc(C(=O)Oc2ccc(C#N)cc2)cc1.N#Cc1ccc(OC(=O)c2ccc(CO)cc2O)cc1. The lowest BCUT2D eigenvalue weighted by Crippen LogP contribution is -2.10. The van der Waals surface area contributed by atoms with Crippen molar-refractivity contribution in [3.05, 3.63) is 287 Å². The lowest BCUT2D eigenvalue weighted by molar-refractivity contribution is -0.134. The van der Waals surface area contributed by atoms with Crippen molar-refractivity contribution in [2.45, 2.75) is 83.1 Å². The van der Waals surface area contributed by atoms with Crippen molar-refractivity contribution < 1.29 is 91.1 Å².